The number of carbonyl (C=O) groups is 4. The van der Waals surface area contributed by atoms with Crippen LogP contribution < -0.4 is 19.9 Å². The zero-order valence-electron chi connectivity index (χ0n) is 39.7. The van der Waals surface area contributed by atoms with Crippen LogP contribution >= 0.6 is 23.6 Å². The highest BCUT2D eigenvalue weighted by Gasteiger charge is 2.50. The van der Waals surface area contributed by atoms with E-state index in [1.807, 2.05) is 125 Å². The van der Waals surface area contributed by atoms with E-state index in [0.29, 0.717) is 47.6 Å². The molecule has 0 saturated carbocycles. The van der Waals surface area contributed by atoms with Gasteiger partial charge >= 0.3 is 0 Å². The number of rotatable bonds is 17. The quantitative estimate of drug-likeness (QED) is 0.0531. The summed E-state index contributed by atoms with van der Waals surface area (Å²) in [7, 11) is 0. The van der Waals surface area contributed by atoms with Crippen LogP contribution in [0.1, 0.15) is 78.8 Å². The van der Waals surface area contributed by atoms with Crippen molar-refractivity contribution in [2.24, 2.45) is 5.92 Å². The highest BCUT2D eigenvalue weighted by molar-refractivity contribution is 7.81. The summed E-state index contributed by atoms with van der Waals surface area (Å²) < 4.78 is 11.9. The molecule has 0 aliphatic carbocycles. The van der Waals surface area contributed by atoms with Crippen molar-refractivity contribution in [2.45, 2.75) is 97.6 Å². The Kier molecular flexibility index (Phi) is 14.6. The van der Waals surface area contributed by atoms with E-state index in [2.05, 4.69) is 15.1 Å². The first-order valence-corrected chi connectivity index (χ1v) is 24.5. The Bertz CT molecular complexity index is 2800. The number of thiocarbonyl (C=S) groups is 1. The van der Waals surface area contributed by atoms with E-state index >= 15 is 0 Å². The topological polar surface area (TPSA) is 149 Å². The second-order valence-corrected chi connectivity index (χ2v) is 19.9. The molecule has 14 nitrogen and oxygen atoms in total. The van der Waals surface area contributed by atoms with E-state index in [1.165, 1.54) is 9.80 Å². The molecule has 0 unspecified atom stereocenters. The molecule has 3 atom stereocenters. The molecule has 0 spiro atoms. The number of hydrogen-bond acceptors (Lipinski definition) is 10. The molecule has 1 aromatic heterocycles. The van der Waals surface area contributed by atoms with E-state index in [9.17, 15) is 24.3 Å². The number of aliphatic hydroxyl groups excluding tert-OH is 1. The lowest BCUT2D eigenvalue weighted by Crippen LogP contribution is -2.55. The van der Waals surface area contributed by atoms with Gasteiger partial charge in [0.2, 0.25) is 11.8 Å². The molecule has 69 heavy (non-hydrogen) atoms. The minimum Gasteiger partial charge on any atom is -0.491 e. The Labute approximate surface area is 412 Å². The van der Waals surface area contributed by atoms with Crippen molar-refractivity contribution in [1.82, 2.24) is 20.1 Å². The lowest BCUT2D eigenvalue weighted by atomic mass is 10.0. The molecule has 3 aliphatic rings. The van der Waals surface area contributed by atoms with Crippen LogP contribution in [0, 0.1) is 26.3 Å². The Morgan fingerprint density at radius 1 is 0.971 bits per heavy atom. The van der Waals surface area contributed by atoms with Crippen LogP contribution in [0.3, 0.4) is 0 Å². The summed E-state index contributed by atoms with van der Waals surface area (Å²) in [5.41, 5.74) is 8.98. The Morgan fingerprint density at radius 2 is 1.70 bits per heavy atom. The molecule has 4 amide bonds. The number of aryl methyl sites for hydroxylation is 3. The van der Waals surface area contributed by atoms with Gasteiger partial charge < -0.3 is 34.6 Å². The third-order valence-corrected chi connectivity index (χ3v) is 14.4. The number of carbonyl (C=O) groups excluding carboxylic acids is 4. The smallest absolute Gasteiger partial charge is 0.259 e. The number of nitrogens with one attached hydrogen (secondary N) is 1. The average Bonchev–Trinajstić information content (AvgIpc) is 4.07. The molecule has 2 saturated heterocycles. The molecule has 8 rings (SSSR count). The summed E-state index contributed by atoms with van der Waals surface area (Å²) in [6.45, 7) is 20.5. The standard InChI is InChI=1S/C53H57N7O7S2/c1-32(2)46(50(64)57-30-41(61)27-45(57)48(62)55-28-36-10-13-37(14-11-36)47-34(4)56-31-69-47)58-29-38-26-35(12-20-43(38)49(58)63)9-8-22-66-23-24-67-42-18-15-39(16-19-42)60-52(68)59(51(65)53(60,5)6)40-17-21-44(54-7)33(3)25-40/h10-21,25-26,31-32,41,45-46,61H,8-9,22-24,27-30H2,1-6H3,(H,55,62)/t41-,45+,46+/m1/s1. The van der Waals surface area contributed by atoms with E-state index < -0.39 is 23.7 Å². The van der Waals surface area contributed by atoms with Gasteiger partial charge in [-0.25, -0.2) is 9.83 Å². The monoisotopic (exact) mass is 967 g/mol. The van der Waals surface area contributed by atoms with Crippen LogP contribution in [0.5, 0.6) is 5.75 Å². The van der Waals surface area contributed by atoms with Gasteiger partial charge in [-0.1, -0.05) is 56.3 Å². The minimum atomic E-state index is -0.932. The number of likely N-dealkylation sites (tertiary alicyclic amines) is 1. The average molecular weight is 968 g/mol. The summed E-state index contributed by atoms with van der Waals surface area (Å²) >= 11 is 7.41. The largest absolute Gasteiger partial charge is 0.491 e. The van der Waals surface area contributed by atoms with Crippen LogP contribution in [0.4, 0.5) is 17.1 Å². The predicted octanol–water partition coefficient (Wildman–Crippen LogP) is 8.18. The third kappa shape index (κ3) is 10.1. The number of ether oxygens (including phenoxy) is 2. The van der Waals surface area contributed by atoms with Crippen molar-refractivity contribution in [3.05, 3.63) is 135 Å². The van der Waals surface area contributed by atoms with Gasteiger partial charge in [0.25, 0.3) is 11.8 Å². The number of anilines is 2. The number of nitrogens with zero attached hydrogens (tertiary/aromatic N) is 6. The van der Waals surface area contributed by atoms with Gasteiger partial charge in [0.05, 0.1) is 35.4 Å². The highest BCUT2D eigenvalue weighted by atomic mass is 32.1. The molecule has 4 heterocycles. The molecule has 16 heteroatoms. The van der Waals surface area contributed by atoms with Gasteiger partial charge in [-0.3, -0.25) is 24.1 Å². The molecular formula is C53H57N7O7S2. The number of thiazole rings is 1. The summed E-state index contributed by atoms with van der Waals surface area (Å²) in [5, 5.41) is 14.0. The zero-order valence-corrected chi connectivity index (χ0v) is 41.4. The first kappa shape index (κ1) is 48.9. The minimum absolute atomic E-state index is 0.0175. The second-order valence-electron chi connectivity index (χ2n) is 18.6. The molecule has 4 aromatic carbocycles. The molecule has 2 fully saturated rings. The Morgan fingerprint density at radius 3 is 2.38 bits per heavy atom. The van der Waals surface area contributed by atoms with Crippen LogP contribution in [-0.4, -0.2) is 98.7 Å². The number of aliphatic hydroxyl groups is 1. The number of amides is 4. The Hall–Kier alpha value is -6.51. The lowest BCUT2D eigenvalue weighted by molar-refractivity contribution is -0.143. The van der Waals surface area contributed by atoms with Gasteiger partial charge in [-0.15, -0.1) is 11.3 Å². The molecule has 3 aliphatic heterocycles. The number of aromatic nitrogens is 1. The van der Waals surface area contributed by atoms with Gasteiger partial charge in [-0.2, -0.15) is 0 Å². The van der Waals surface area contributed by atoms with Crippen LogP contribution in [0.25, 0.3) is 15.3 Å². The van der Waals surface area contributed by atoms with Gasteiger partial charge in [0, 0.05) is 49.6 Å². The molecule has 0 radical (unpaired) electrons. The fraction of sp³-hybridized carbons (Fsp3) is 0.377. The fourth-order valence-corrected chi connectivity index (χ4v) is 10.8. The third-order valence-electron chi connectivity index (χ3n) is 13.1. The lowest BCUT2D eigenvalue weighted by Gasteiger charge is -2.35. The Balaban J connectivity index is 0.791. The summed E-state index contributed by atoms with van der Waals surface area (Å²) in [4.78, 5) is 70.8. The van der Waals surface area contributed by atoms with Crippen molar-refractivity contribution in [3.63, 3.8) is 0 Å². The van der Waals surface area contributed by atoms with Crippen LogP contribution in [0.2, 0.25) is 0 Å². The summed E-state index contributed by atoms with van der Waals surface area (Å²) in [5.74, 6) is -0.655. The molecule has 2 N–H and O–H groups in total. The number of fused-ring (bicyclic) bond motifs is 1. The first-order chi connectivity index (χ1) is 33.1. The maximum Gasteiger partial charge on any atom is 0.259 e. The zero-order chi connectivity index (χ0) is 49.1. The maximum absolute atomic E-state index is 14.3. The molecule has 358 valence electrons. The molecular weight excluding hydrogens is 911 g/mol. The number of hydrogen-bond donors (Lipinski definition) is 2. The normalized spacial score (nSPS) is 18.0. The maximum atomic E-state index is 14.3. The van der Waals surface area contributed by atoms with Gasteiger partial charge in [0.15, 0.2) is 10.8 Å². The first-order valence-electron chi connectivity index (χ1n) is 23.2. The van der Waals surface area contributed by atoms with Gasteiger partial charge in [-0.05, 0) is 129 Å². The predicted molar refractivity (Wildman–Crippen MR) is 270 cm³/mol. The van der Waals surface area contributed by atoms with Crippen molar-refractivity contribution in [3.8, 4) is 16.2 Å². The van der Waals surface area contributed by atoms with Crippen LogP contribution in [0.15, 0.2) is 90.4 Å². The van der Waals surface area contributed by atoms with E-state index in [4.69, 9.17) is 28.3 Å². The summed E-state index contributed by atoms with van der Waals surface area (Å²) in [6.07, 6.45) is 0.750. The summed E-state index contributed by atoms with van der Waals surface area (Å²) in [6, 6.07) is 24.8. The number of benzene rings is 4. The van der Waals surface area contributed by atoms with Crippen molar-refractivity contribution >= 4 is 69.4 Å². The SMILES string of the molecule is [C-]#[N+]c1ccc(N2C(=O)C(C)(C)N(c3ccc(OCCOCCCc4ccc5c(c4)CN([C@H](C(=O)N4C[C@H](O)C[C@H]4C(=O)NCc4ccc(-c6scnc6C)cc4)C(C)C)C5=O)cc3)C2=S)cc1C. The van der Waals surface area contributed by atoms with Crippen LogP contribution in [-0.2, 0) is 38.6 Å². The van der Waals surface area contributed by atoms with Crippen molar-refractivity contribution in [1.29, 1.82) is 0 Å². The van der Waals surface area contributed by atoms with E-state index in [0.717, 1.165) is 56.9 Å². The van der Waals surface area contributed by atoms with Gasteiger partial charge in [0.1, 0.15) is 30.0 Å². The van der Waals surface area contributed by atoms with E-state index in [1.54, 1.807) is 28.4 Å². The molecule has 0 bridgehead atoms. The second kappa shape index (κ2) is 20.6. The van der Waals surface area contributed by atoms with E-state index in [-0.39, 0.29) is 55.6 Å². The molecule has 5 aromatic rings. The number of β-amino-alcohol motifs (C(OH)–C–C–N with tert-alkyl or cyclic N) is 1. The highest BCUT2D eigenvalue weighted by Crippen LogP contribution is 2.38. The van der Waals surface area contributed by atoms with Crippen molar-refractivity contribution in [2.75, 3.05) is 36.2 Å². The fourth-order valence-electron chi connectivity index (χ4n) is 9.44. The van der Waals surface area contributed by atoms with Crippen molar-refractivity contribution < 1.29 is 33.8 Å².